The van der Waals surface area contributed by atoms with E-state index in [0.717, 1.165) is 194 Å². The van der Waals surface area contributed by atoms with Crippen LogP contribution in [0.4, 0.5) is 0 Å². The molecule has 0 saturated carbocycles. The lowest BCUT2D eigenvalue weighted by atomic mass is 9.94. The van der Waals surface area contributed by atoms with Gasteiger partial charge in [-0.15, -0.1) is 0 Å². The highest BCUT2D eigenvalue weighted by Gasteiger charge is 2.54. The zero-order valence-corrected chi connectivity index (χ0v) is 77.4. The lowest BCUT2D eigenvalue weighted by molar-refractivity contribution is -0.325. The molecule has 0 aliphatic carbocycles. The Bertz CT molecular complexity index is 3540. The molecule has 666 valence electrons. The third-order valence-corrected chi connectivity index (χ3v) is 24.4. The first-order chi connectivity index (χ1) is 55.3. The third kappa shape index (κ3) is 52.1. The fraction of sp³-hybridized carbons (Fsp3) is 0.667. The van der Waals surface area contributed by atoms with Gasteiger partial charge < -0.3 is 60.2 Å². The number of allylic oxidation sites excluding steroid dienone is 30. The molecule has 2 rings (SSSR count). The van der Waals surface area contributed by atoms with E-state index in [2.05, 4.69) is 217 Å². The van der Waals surface area contributed by atoms with E-state index in [4.69, 9.17) is 23.3 Å². The Morgan fingerprint density at radius 1 is 0.350 bits per heavy atom. The Kier molecular flexibility index (Phi) is 56.6. The maximum Gasteiger partial charge on any atom is 0.483 e. The quantitative estimate of drug-likeness (QED) is 0.0202. The molecule has 0 aromatic carbocycles. The first-order valence-corrected chi connectivity index (χ1v) is 46.6. The predicted molar refractivity (Wildman–Crippen MR) is 482 cm³/mol. The molecule has 0 aromatic heterocycles. The summed E-state index contributed by atoms with van der Waals surface area (Å²) in [5.41, 5.74) is 22.0. The van der Waals surface area contributed by atoms with Crippen molar-refractivity contribution in [2.75, 3.05) is 19.8 Å². The summed E-state index contributed by atoms with van der Waals surface area (Å²) in [5.74, 6) is -1.45. The molecule has 2 saturated heterocycles. The van der Waals surface area contributed by atoms with Gasteiger partial charge in [0.1, 0.15) is 48.7 Å². The summed E-state index contributed by atoms with van der Waals surface area (Å²) in [6.07, 6.45) is 54.9. The summed E-state index contributed by atoms with van der Waals surface area (Å²) >= 11 is 0. The third-order valence-electron chi connectivity index (χ3n) is 21.7. The highest BCUT2D eigenvalue weighted by molar-refractivity contribution is 7.61. The van der Waals surface area contributed by atoms with Crippen molar-refractivity contribution in [2.24, 2.45) is 5.92 Å². The van der Waals surface area contributed by atoms with Crippen LogP contribution in [0.5, 0.6) is 0 Å². The Labute approximate surface area is 708 Å². The fourth-order valence-electron chi connectivity index (χ4n) is 14.0. The smallest absolute Gasteiger partial charge is 0.394 e. The number of aliphatic hydroxyl groups excluding tert-OH is 5. The second-order valence-corrected chi connectivity index (χ2v) is 36.9. The van der Waals surface area contributed by atoms with Crippen LogP contribution < -0.4 is 10.6 Å². The van der Waals surface area contributed by atoms with Gasteiger partial charge in [-0.2, -0.15) is 4.31 Å². The highest BCUT2D eigenvalue weighted by Crippen LogP contribution is 2.61. The van der Waals surface area contributed by atoms with E-state index < -0.39 is 102 Å². The molecule has 0 radical (unpaired) electrons. The van der Waals surface area contributed by atoms with Gasteiger partial charge in [0.05, 0.1) is 19.8 Å². The van der Waals surface area contributed by atoms with E-state index in [-0.39, 0.29) is 12.5 Å². The molecule has 2 amide bonds. The number of hydrogen-bond acceptors (Lipinski definition) is 15. The second kappa shape index (κ2) is 61.3. The normalized spacial score (nSPS) is 23.3. The van der Waals surface area contributed by atoms with E-state index in [9.17, 15) is 54.0 Å². The maximum atomic E-state index is 13.2. The number of phosphoric acid groups is 2. The zero-order valence-electron chi connectivity index (χ0n) is 75.7. The SMILES string of the molecule is CC(=O)N[C@H]1[C@H](OP(=O)(O)OP(=O)(O)OCCC(C)CCC=C(C)CCC=C(C)CCC=C(C)CCC=C(C)CCC=C(C)CCC=C(C)CCC=C(C)CCC=C(C)CCC=C(C)CCC=C(C)CCC=C(C)CCC=C(C)CCC=C(C)CCC=C(C)CCC=C(C)C)O[C@H](CO)[C@@H](O[C@@H]2O[C@H](CO)[C@@H](O)[C@H](O)[C@H]2NC(C)=O)[C@@H]1O. The van der Waals surface area contributed by atoms with Crippen molar-refractivity contribution in [3.8, 4) is 0 Å². The average molecular weight is 1680 g/mol. The molecule has 0 aromatic rings. The Balaban J connectivity index is 1.61. The van der Waals surface area contributed by atoms with E-state index >= 15 is 0 Å². The Morgan fingerprint density at radius 3 is 0.872 bits per heavy atom. The standard InChI is InChI=1S/C96H160N2O17P2/c1-69(2)35-20-36-70(3)37-21-38-71(4)39-22-40-72(5)41-23-42-73(6)43-24-44-74(7)45-25-46-75(8)47-26-48-76(9)49-27-50-77(10)51-28-52-78(11)53-29-54-79(12)55-30-56-80(13)57-31-58-81(14)59-32-60-82(15)61-33-62-83(16)63-34-64-84(17)65-66-110-116(106,107)115-117(108,109)114-96-90(98-86(19)102)93(105)94(88(68-100)112-96)113-95-89(97-85(18)101)92(104)91(103)87(67-99)111-95/h35,37,39,41,43,45,47,49,51,53,55,57,59,61,63,84,87-96,99-100,103-105H,20-34,36,38,40,42,44,46,48,50,52,54,56,58,60,62,64-68H2,1-19H3,(H,97,101)(H,98,102)(H,106,107)(H,108,109)/t84?,87-,88-,89-,90-,91-,92-,93-,94-,95+,96+/m1/s1. The van der Waals surface area contributed by atoms with Gasteiger partial charge in [0.25, 0.3) is 0 Å². The van der Waals surface area contributed by atoms with Crippen LogP contribution in [0.25, 0.3) is 0 Å². The number of ether oxygens (including phenoxy) is 3. The molecule has 2 aliphatic rings. The van der Waals surface area contributed by atoms with Crippen LogP contribution in [0.1, 0.15) is 331 Å². The monoisotopic (exact) mass is 1680 g/mol. The van der Waals surface area contributed by atoms with Crippen LogP contribution in [0, 0.1) is 5.92 Å². The molecule has 0 bridgehead atoms. The Hall–Kier alpha value is -5.02. The summed E-state index contributed by atoms with van der Waals surface area (Å²) in [5, 5.41) is 57.2. The molecular weight excluding hydrogens is 1520 g/mol. The van der Waals surface area contributed by atoms with Crippen LogP contribution in [-0.2, 0) is 46.3 Å². The minimum absolute atomic E-state index is 0.0324. The van der Waals surface area contributed by atoms with Crippen molar-refractivity contribution in [3.63, 3.8) is 0 Å². The first-order valence-electron chi connectivity index (χ1n) is 43.6. The first kappa shape index (κ1) is 108. The van der Waals surface area contributed by atoms with Gasteiger partial charge in [0, 0.05) is 13.8 Å². The maximum absolute atomic E-state index is 13.2. The van der Waals surface area contributed by atoms with Crippen LogP contribution in [0.2, 0.25) is 0 Å². The van der Waals surface area contributed by atoms with Crippen LogP contribution in [0.3, 0.4) is 0 Å². The number of aliphatic hydroxyl groups is 5. The summed E-state index contributed by atoms with van der Waals surface area (Å²) in [6.45, 7) is 38.1. The number of carbonyl (C=O) groups is 2. The average Bonchev–Trinajstić information content (AvgIpc) is 0.773. The molecule has 19 nitrogen and oxygen atoms in total. The molecule has 117 heavy (non-hydrogen) atoms. The number of amides is 2. The van der Waals surface area contributed by atoms with E-state index in [1.807, 2.05) is 6.92 Å². The van der Waals surface area contributed by atoms with Gasteiger partial charge in [-0.25, -0.2) is 9.13 Å². The molecule has 2 fully saturated rings. The van der Waals surface area contributed by atoms with Crippen molar-refractivity contribution in [2.45, 2.75) is 392 Å². The van der Waals surface area contributed by atoms with Gasteiger partial charge in [-0.05, 0) is 316 Å². The van der Waals surface area contributed by atoms with Crippen LogP contribution >= 0.6 is 15.6 Å². The van der Waals surface area contributed by atoms with Crippen LogP contribution in [0.15, 0.2) is 175 Å². The van der Waals surface area contributed by atoms with Gasteiger partial charge in [-0.1, -0.05) is 182 Å². The van der Waals surface area contributed by atoms with Crippen molar-refractivity contribution in [3.05, 3.63) is 175 Å². The molecule has 9 N–H and O–H groups in total. The molecule has 2 heterocycles. The Morgan fingerprint density at radius 2 is 0.607 bits per heavy atom. The molecule has 3 unspecified atom stereocenters. The number of carbonyl (C=O) groups excluding carboxylic acids is 2. The fourth-order valence-corrected chi connectivity index (χ4v) is 16.2. The number of nitrogens with one attached hydrogen (secondary N) is 2. The van der Waals surface area contributed by atoms with Gasteiger partial charge in [0.2, 0.25) is 11.8 Å². The number of hydrogen-bond donors (Lipinski definition) is 9. The summed E-state index contributed by atoms with van der Waals surface area (Å²) < 4.78 is 57.8. The lowest BCUT2D eigenvalue weighted by Crippen LogP contribution is -2.69. The second-order valence-electron chi connectivity index (χ2n) is 33.9. The van der Waals surface area contributed by atoms with Crippen molar-refractivity contribution in [1.29, 1.82) is 0 Å². The minimum Gasteiger partial charge on any atom is -0.394 e. The van der Waals surface area contributed by atoms with Crippen LogP contribution in [-0.4, -0.2) is 128 Å². The largest absolute Gasteiger partial charge is 0.483 e. The topological polar surface area (TPSA) is 289 Å². The molecular formula is C96H160N2O17P2. The molecule has 0 spiro atoms. The number of rotatable bonds is 59. The van der Waals surface area contributed by atoms with Gasteiger partial charge >= 0.3 is 15.6 Å². The summed E-state index contributed by atoms with van der Waals surface area (Å²) in [6, 6.07) is -3.25. The van der Waals surface area contributed by atoms with Gasteiger partial charge in [-0.3, -0.25) is 18.6 Å². The van der Waals surface area contributed by atoms with E-state index in [0.29, 0.717) is 6.42 Å². The molecule has 13 atom stereocenters. The molecule has 2 aliphatic heterocycles. The highest BCUT2D eigenvalue weighted by atomic mass is 31.3. The zero-order chi connectivity index (χ0) is 87.5. The predicted octanol–water partition coefficient (Wildman–Crippen LogP) is 23.1. The van der Waals surface area contributed by atoms with Gasteiger partial charge in [0.15, 0.2) is 12.6 Å². The summed E-state index contributed by atoms with van der Waals surface area (Å²) in [7, 11) is -10.9. The summed E-state index contributed by atoms with van der Waals surface area (Å²) in [4.78, 5) is 45.3. The van der Waals surface area contributed by atoms with E-state index in [1.54, 1.807) is 0 Å². The number of phosphoric ester groups is 2. The lowest BCUT2D eigenvalue weighted by Gasteiger charge is -2.48. The minimum atomic E-state index is -5.61. The van der Waals surface area contributed by atoms with Crippen molar-refractivity contribution in [1.82, 2.24) is 10.6 Å². The van der Waals surface area contributed by atoms with E-state index in [1.165, 1.54) is 96.4 Å². The van der Waals surface area contributed by atoms with Crippen molar-refractivity contribution >= 4 is 27.5 Å². The molecule has 21 heteroatoms. The van der Waals surface area contributed by atoms with Crippen molar-refractivity contribution < 1.29 is 81.6 Å².